The number of carbonyl (C=O) groups excluding carboxylic acids is 2. The van der Waals surface area contributed by atoms with Crippen LogP contribution >= 0.6 is 0 Å². The van der Waals surface area contributed by atoms with Gasteiger partial charge in [0, 0.05) is 5.69 Å². The van der Waals surface area contributed by atoms with Crippen LogP contribution in [0.1, 0.15) is 29.8 Å². The predicted molar refractivity (Wildman–Crippen MR) is 99.1 cm³/mol. The van der Waals surface area contributed by atoms with Crippen molar-refractivity contribution in [1.82, 2.24) is 0 Å². The van der Waals surface area contributed by atoms with Crippen molar-refractivity contribution in [1.29, 1.82) is 0 Å². The first-order valence-electron chi connectivity index (χ1n) is 8.78. The fraction of sp³-hybridized carbons (Fsp3) is 0.300. The number of esters is 1. The van der Waals surface area contributed by atoms with Crippen LogP contribution in [0.15, 0.2) is 42.5 Å². The normalized spacial score (nSPS) is 10.9. The lowest BCUT2D eigenvalue weighted by molar-refractivity contribution is -0.137. The van der Waals surface area contributed by atoms with E-state index in [1.807, 2.05) is 6.92 Å². The van der Waals surface area contributed by atoms with E-state index in [-0.39, 0.29) is 11.3 Å². The summed E-state index contributed by atoms with van der Waals surface area (Å²) in [6.07, 6.45) is -4.46. The number of hydrogen-bond acceptors (Lipinski definition) is 5. The third-order valence-corrected chi connectivity index (χ3v) is 3.61. The van der Waals surface area contributed by atoms with Crippen LogP contribution in [0.4, 0.5) is 18.9 Å². The summed E-state index contributed by atoms with van der Waals surface area (Å²) < 4.78 is 53.4. The van der Waals surface area contributed by atoms with Gasteiger partial charge in [-0.1, -0.05) is 0 Å². The molecule has 0 radical (unpaired) electrons. The average Bonchev–Trinajstić information content (AvgIpc) is 2.67. The minimum atomic E-state index is -4.46. The Bertz CT molecular complexity index is 850. The number of hydrogen-bond donors (Lipinski definition) is 1. The maximum absolute atomic E-state index is 12.5. The molecule has 0 aliphatic carbocycles. The Morgan fingerprint density at radius 1 is 0.931 bits per heavy atom. The maximum atomic E-state index is 12.5. The van der Waals surface area contributed by atoms with Crippen LogP contribution in [-0.4, -0.2) is 31.7 Å². The zero-order chi connectivity index (χ0) is 21.4. The largest absolute Gasteiger partial charge is 0.490 e. The number of anilines is 1. The van der Waals surface area contributed by atoms with E-state index < -0.39 is 30.2 Å². The van der Waals surface area contributed by atoms with Crippen molar-refractivity contribution in [3.8, 4) is 11.5 Å². The highest BCUT2D eigenvalue weighted by atomic mass is 19.4. The standard InChI is InChI=1S/C20H20F3NO5/c1-3-27-16-10-5-13(11-17(16)28-4-2)19(26)29-12-18(25)24-15-8-6-14(7-9-15)20(21,22)23/h5-11H,3-4,12H2,1-2H3,(H,24,25). The summed E-state index contributed by atoms with van der Waals surface area (Å²) in [5.41, 5.74) is -0.513. The number of rotatable bonds is 8. The molecule has 0 unspecified atom stereocenters. The van der Waals surface area contributed by atoms with Crippen LogP contribution in [0.5, 0.6) is 11.5 Å². The molecule has 0 fully saturated rings. The number of halogens is 3. The van der Waals surface area contributed by atoms with Gasteiger partial charge < -0.3 is 19.5 Å². The van der Waals surface area contributed by atoms with E-state index in [1.165, 1.54) is 12.1 Å². The zero-order valence-electron chi connectivity index (χ0n) is 15.8. The summed E-state index contributed by atoms with van der Waals surface area (Å²) >= 11 is 0. The lowest BCUT2D eigenvalue weighted by atomic mass is 10.2. The van der Waals surface area contributed by atoms with Gasteiger partial charge in [-0.25, -0.2) is 4.79 Å². The molecule has 0 atom stereocenters. The van der Waals surface area contributed by atoms with Gasteiger partial charge in [-0.2, -0.15) is 13.2 Å². The Hall–Kier alpha value is -3.23. The van der Waals surface area contributed by atoms with Gasteiger partial charge in [-0.15, -0.1) is 0 Å². The molecule has 156 valence electrons. The number of nitrogens with one attached hydrogen (secondary N) is 1. The van der Waals surface area contributed by atoms with E-state index >= 15 is 0 Å². The Labute approximate surface area is 165 Å². The first-order chi connectivity index (χ1) is 13.7. The highest BCUT2D eigenvalue weighted by Crippen LogP contribution is 2.30. The van der Waals surface area contributed by atoms with Crippen molar-refractivity contribution in [3.63, 3.8) is 0 Å². The quantitative estimate of drug-likeness (QED) is 0.656. The second-order valence-corrected chi connectivity index (χ2v) is 5.73. The van der Waals surface area contributed by atoms with Gasteiger partial charge in [0.25, 0.3) is 5.91 Å². The van der Waals surface area contributed by atoms with Crippen molar-refractivity contribution in [2.24, 2.45) is 0 Å². The summed E-state index contributed by atoms with van der Waals surface area (Å²) in [6.45, 7) is 3.79. The molecule has 0 spiro atoms. The zero-order valence-corrected chi connectivity index (χ0v) is 15.8. The minimum Gasteiger partial charge on any atom is -0.490 e. The molecule has 6 nitrogen and oxygen atoms in total. The second-order valence-electron chi connectivity index (χ2n) is 5.73. The summed E-state index contributed by atoms with van der Waals surface area (Å²) in [4.78, 5) is 24.0. The molecule has 0 saturated heterocycles. The third-order valence-electron chi connectivity index (χ3n) is 3.61. The Morgan fingerprint density at radius 2 is 1.55 bits per heavy atom. The Balaban J connectivity index is 1.94. The SMILES string of the molecule is CCOc1ccc(C(=O)OCC(=O)Nc2ccc(C(F)(F)F)cc2)cc1OCC. The Morgan fingerprint density at radius 3 is 2.14 bits per heavy atom. The van der Waals surface area contributed by atoms with Crippen LogP contribution in [0, 0.1) is 0 Å². The molecule has 9 heteroatoms. The lowest BCUT2D eigenvalue weighted by Gasteiger charge is -2.12. The van der Waals surface area contributed by atoms with Crippen molar-refractivity contribution in [3.05, 3.63) is 53.6 Å². The molecule has 0 aliphatic rings. The number of amides is 1. The summed E-state index contributed by atoms with van der Waals surface area (Å²) in [5.74, 6) is -0.588. The van der Waals surface area contributed by atoms with Gasteiger partial charge in [0.1, 0.15) is 0 Å². The minimum absolute atomic E-state index is 0.152. The van der Waals surface area contributed by atoms with Crippen LogP contribution < -0.4 is 14.8 Å². The van der Waals surface area contributed by atoms with Gasteiger partial charge in [0.2, 0.25) is 0 Å². The number of benzene rings is 2. The van der Waals surface area contributed by atoms with Crippen LogP contribution in [0.3, 0.4) is 0 Å². The van der Waals surface area contributed by atoms with Crippen LogP contribution in [-0.2, 0) is 15.7 Å². The molecule has 29 heavy (non-hydrogen) atoms. The summed E-state index contributed by atoms with van der Waals surface area (Å²) in [6, 6.07) is 8.40. The van der Waals surface area contributed by atoms with Gasteiger partial charge in [0.05, 0.1) is 24.3 Å². The Kier molecular flexibility index (Phi) is 7.46. The second kappa shape index (κ2) is 9.81. The van der Waals surface area contributed by atoms with E-state index in [2.05, 4.69) is 5.32 Å². The molecule has 0 saturated carbocycles. The van der Waals surface area contributed by atoms with Crippen molar-refractivity contribution >= 4 is 17.6 Å². The summed E-state index contributed by atoms with van der Waals surface area (Å²) in [5, 5.41) is 2.36. The van der Waals surface area contributed by atoms with Crippen LogP contribution in [0.2, 0.25) is 0 Å². The van der Waals surface area contributed by atoms with Crippen molar-refractivity contribution < 1.29 is 37.0 Å². The predicted octanol–water partition coefficient (Wildman–Crippen LogP) is 4.30. The number of carbonyl (C=O) groups is 2. The third kappa shape index (κ3) is 6.41. The maximum Gasteiger partial charge on any atom is 0.416 e. The van der Waals surface area contributed by atoms with Crippen molar-refractivity contribution in [2.45, 2.75) is 20.0 Å². The fourth-order valence-corrected chi connectivity index (χ4v) is 2.33. The van der Waals surface area contributed by atoms with Gasteiger partial charge in [0.15, 0.2) is 18.1 Å². The molecule has 1 N–H and O–H groups in total. The average molecular weight is 411 g/mol. The van der Waals surface area contributed by atoms with E-state index in [0.717, 1.165) is 24.3 Å². The van der Waals surface area contributed by atoms with Gasteiger partial charge >= 0.3 is 12.1 Å². The molecule has 0 aromatic heterocycles. The molecular formula is C20H20F3NO5. The molecule has 0 heterocycles. The van der Waals surface area contributed by atoms with Crippen LogP contribution in [0.25, 0.3) is 0 Å². The topological polar surface area (TPSA) is 73.9 Å². The first kappa shape index (κ1) is 22.1. The smallest absolute Gasteiger partial charge is 0.416 e. The highest BCUT2D eigenvalue weighted by molar-refractivity contribution is 5.95. The molecule has 2 aromatic rings. The molecule has 2 rings (SSSR count). The number of ether oxygens (including phenoxy) is 3. The molecule has 1 amide bonds. The molecular weight excluding hydrogens is 391 g/mol. The van der Waals surface area contributed by atoms with E-state index in [0.29, 0.717) is 24.7 Å². The molecule has 0 bridgehead atoms. The molecule has 0 aliphatic heterocycles. The highest BCUT2D eigenvalue weighted by Gasteiger charge is 2.30. The fourth-order valence-electron chi connectivity index (χ4n) is 2.33. The molecule has 2 aromatic carbocycles. The lowest BCUT2D eigenvalue weighted by Crippen LogP contribution is -2.21. The summed E-state index contributed by atoms with van der Waals surface area (Å²) in [7, 11) is 0. The number of alkyl halides is 3. The first-order valence-corrected chi connectivity index (χ1v) is 8.78. The monoisotopic (exact) mass is 411 g/mol. The van der Waals surface area contributed by atoms with E-state index in [4.69, 9.17) is 14.2 Å². The van der Waals surface area contributed by atoms with E-state index in [9.17, 15) is 22.8 Å². The van der Waals surface area contributed by atoms with Crippen molar-refractivity contribution in [2.75, 3.05) is 25.1 Å². The van der Waals surface area contributed by atoms with Gasteiger partial charge in [-0.05, 0) is 56.3 Å². The van der Waals surface area contributed by atoms with E-state index in [1.54, 1.807) is 13.0 Å². The van der Waals surface area contributed by atoms with Gasteiger partial charge in [-0.3, -0.25) is 4.79 Å².